The van der Waals surface area contributed by atoms with E-state index in [2.05, 4.69) is 20.4 Å². The Morgan fingerprint density at radius 2 is 2.19 bits per heavy atom. The van der Waals surface area contributed by atoms with Crippen molar-refractivity contribution in [1.82, 2.24) is 19.7 Å². The number of ether oxygens (including phenoxy) is 1. The third kappa shape index (κ3) is 2.65. The van der Waals surface area contributed by atoms with E-state index in [4.69, 9.17) is 4.74 Å². The summed E-state index contributed by atoms with van der Waals surface area (Å²) in [5, 5.41) is 8.59. The molecule has 1 fully saturated rings. The van der Waals surface area contributed by atoms with Crippen LogP contribution in [0.5, 0.6) is 0 Å². The summed E-state index contributed by atoms with van der Waals surface area (Å²) in [7, 11) is 0. The minimum absolute atomic E-state index is 0.241. The van der Waals surface area contributed by atoms with Gasteiger partial charge in [0.1, 0.15) is 17.2 Å². The van der Waals surface area contributed by atoms with Crippen LogP contribution in [0, 0.1) is 11.9 Å². The molecule has 7 nitrogen and oxygen atoms in total. The van der Waals surface area contributed by atoms with Crippen molar-refractivity contribution in [2.45, 2.75) is 6.42 Å². The van der Waals surface area contributed by atoms with Crippen LogP contribution in [0.3, 0.4) is 0 Å². The molecule has 5 rings (SSSR count). The van der Waals surface area contributed by atoms with E-state index in [0.717, 1.165) is 12.5 Å². The maximum atomic E-state index is 14.1. The van der Waals surface area contributed by atoms with Crippen molar-refractivity contribution in [1.29, 1.82) is 0 Å². The molecule has 1 aliphatic rings. The van der Waals surface area contributed by atoms with E-state index in [1.165, 1.54) is 12.3 Å². The van der Waals surface area contributed by atoms with E-state index in [-0.39, 0.29) is 11.4 Å². The van der Waals surface area contributed by atoms with Gasteiger partial charge in [-0.25, -0.2) is 4.39 Å². The molecule has 4 heterocycles. The van der Waals surface area contributed by atoms with Crippen molar-refractivity contribution < 1.29 is 9.13 Å². The standard InChI is InChI=1S/C19H15FN5O2/c20-14-3-6-21-15-2-1-11(9-13(14)15)23-18-17-16(4-7-22-19(17)26)25(24-18)12-5-8-27-10-12/h1-4,6-7,9H,5,8,10H2,(H,22,26)(H,23,24). The second-order valence-corrected chi connectivity index (χ2v) is 6.35. The fourth-order valence-corrected chi connectivity index (χ4v) is 3.35. The molecule has 1 radical (unpaired) electrons. The molecule has 0 atom stereocenters. The number of nitrogens with one attached hydrogen (secondary N) is 2. The zero-order chi connectivity index (χ0) is 18.4. The molecular formula is C19H15FN5O2. The third-order valence-corrected chi connectivity index (χ3v) is 4.66. The molecule has 0 saturated carbocycles. The highest BCUT2D eigenvalue weighted by molar-refractivity contribution is 5.92. The van der Waals surface area contributed by atoms with E-state index >= 15 is 0 Å². The molecule has 8 heteroatoms. The largest absolute Gasteiger partial charge is 0.379 e. The van der Waals surface area contributed by atoms with Gasteiger partial charge in [-0.3, -0.25) is 14.5 Å². The lowest BCUT2D eigenvalue weighted by Gasteiger charge is -2.08. The topological polar surface area (TPSA) is 84.8 Å². The summed E-state index contributed by atoms with van der Waals surface area (Å²) in [5.74, 6) is 0.0606. The minimum atomic E-state index is -0.351. The SMILES string of the molecule is O=c1[nH]ccc2c1c(Nc1ccc3nccc(F)c3c1)nn2[C]1CCOC1. The highest BCUT2D eigenvalue weighted by Crippen LogP contribution is 2.29. The zero-order valence-electron chi connectivity index (χ0n) is 14.2. The summed E-state index contributed by atoms with van der Waals surface area (Å²) in [6, 6.07) is 9.28. The second kappa shape index (κ2) is 6.17. The number of nitrogens with zero attached hydrogens (tertiary/aromatic N) is 3. The monoisotopic (exact) mass is 364 g/mol. The Balaban J connectivity index is 1.63. The number of rotatable bonds is 3. The highest BCUT2D eigenvalue weighted by atomic mass is 19.1. The van der Waals surface area contributed by atoms with Gasteiger partial charge in [0.05, 0.1) is 17.6 Å². The van der Waals surface area contributed by atoms with Gasteiger partial charge in [0.2, 0.25) is 0 Å². The molecule has 0 aliphatic carbocycles. The highest BCUT2D eigenvalue weighted by Gasteiger charge is 2.24. The van der Waals surface area contributed by atoms with Crippen molar-refractivity contribution >= 4 is 33.3 Å². The molecule has 135 valence electrons. The van der Waals surface area contributed by atoms with Crippen molar-refractivity contribution in [3.8, 4) is 0 Å². The van der Waals surface area contributed by atoms with Gasteiger partial charge >= 0.3 is 0 Å². The van der Waals surface area contributed by atoms with E-state index in [1.54, 1.807) is 29.1 Å². The first-order chi connectivity index (χ1) is 13.2. The number of hydrogen-bond donors (Lipinski definition) is 2. The third-order valence-electron chi connectivity index (χ3n) is 4.66. The van der Waals surface area contributed by atoms with E-state index in [1.807, 2.05) is 6.07 Å². The van der Waals surface area contributed by atoms with Crippen LogP contribution in [0.25, 0.3) is 21.8 Å². The molecular weight excluding hydrogens is 349 g/mol. The van der Waals surface area contributed by atoms with Gasteiger partial charge in [-0.15, -0.1) is 0 Å². The van der Waals surface area contributed by atoms with Gasteiger partial charge in [-0.1, -0.05) is 0 Å². The van der Waals surface area contributed by atoms with Crippen molar-refractivity contribution in [2.24, 2.45) is 0 Å². The predicted octanol–water partition coefficient (Wildman–Crippen LogP) is 2.96. The summed E-state index contributed by atoms with van der Waals surface area (Å²) in [4.78, 5) is 19.3. The van der Waals surface area contributed by atoms with Gasteiger partial charge < -0.3 is 15.0 Å². The lowest BCUT2D eigenvalue weighted by molar-refractivity contribution is 0.199. The Morgan fingerprint density at radius 1 is 1.26 bits per heavy atom. The number of benzene rings is 1. The molecule has 1 aromatic carbocycles. The number of H-pyrrole nitrogens is 1. The average molecular weight is 364 g/mol. The number of aromatic amines is 1. The van der Waals surface area contributed by atoms with Crippen molar-refractivity contribution in [3.05, 3.63) is 64.9 Å². The van der Waals surface area contributed by atoms with Crippen LogP contribution in [0.1, 0.15) is 6.42 Å². The first-order valence-corrected chi connectivity index (χ1v) is 8.55. The minimum Gasteiger partial charge on any atom is -0.379 e. The fraction of sp³-hybridized carbons (Fsp3) is 0.158. The molecule has 1 aliphatic heterocycles. The van der Waals surface area contributed by atoms with Crippen LogP contribution < -0.4 is 10.9 Å². The Kier molecular flexibility index (Phi) is 3.64. The Bertz CT molecular complexity index is 1210. The van der Waals surface area contributed by atoms with E-state index < -0.39 is 0 Å². The lowest BCUT2D eigenvalue weighted by Crippen LogP contribution is -2.12. The Hall–Kier alpha value is -3.26. The predicted molar refractivity (Wildman–Crippen MR) is 99.4 cm³/mol. The van der Waals surface area contributed by atoms with Gasteiger partial charge in [0, 0.05) is 36.5 Å². The molecule has 0 spiro atoms. The Morgan fingerprint density at radius 3 is 3.04 bits per heavy atom. The van der Waals surface area contributed by atoms with Crippen LogP contribution >= 0.6 is 0 Å². The van der Waals surface area contributed by atoms with Gasteiger partial charge in [0.15, 0.2) is 5.82 Å². The number of fused-ring (bicyclic) bond motifs is 2. The first kappa shape index (κ1) is 16.0. The molecule has 4 aromatic rings. The molecule has 0 unspecified atom stereocenters. The van der Waals surface area contributed by atoms with Crippen LogP contribution in [-0.4, -0.2) is 33.0 Å². The summed E-state index contributed by atoms with van der Waals surface area (Å²) >= 11 is 0. The van der Waals surface area contributed by atoms with Crippen molar-refractivity contribution in [3.63, 3.8) is 0 Å². The van der Waals surface area contributed by atoms with E-state index in [9.17, 15) is 9.18 Å². The van der Waals surface area contributed by atoms with Crippen LogP contribution in [-0.2, 0) is 4.74 Å². The van der Waals surface area contributed by atoms with E-state index in [0.29, 0.717) is 46.5 Å². The van der Waals surface area contributed by atoms with Gasteiger partial charge in [-0.05, 0) is 30.3 Å². The normalized spacial score (nSPS) is 15.0. The van der Waals surface area contributed by atoms with Gasteiger partial charge in [0.25, 0.3) is 5.56 Å². The molecule has 2 N–H and O–H groups in total. The van der Waals surface area contributed by atoms with Gasteiger partial charge in [-0.2, -0.15) is 5.10 Å². The number of halogens is 1. The molecule has 1 saturated heterocycles. The molecule has 0 amide bonds. The first-order valence-electron chi connectivity index (χ1n) is 8.55. The molecule has 27 heavy (non-hydrogen) atoms. The second-order valence-electron chi connectivity index (χ2n) is 6.35. The number of aromatic nitrogens is 4. The number of hydrogen-bond acceptors (Lipinski definition) is 5. The summed E-state index contributed by atoms with van der Waals surface area (Å²) < 4.78 is 21.3. The number of pyridine rings is 2. The smallest absolute Gasteiger partial charge is 0.261 e. The van der Waals surface area contributed by atoms with Crippen molar-refractivity contribution in [2.75, 3.05) is 18.5 Å². The maximum Gasteiger partial charge on any atom is 0.261 e. The zero-order valence-corrected chi connectivity index (χ0v) is 14.2. The number of anilines is 2. The lowest BCUT2D eigenvalue weighted by atomic mass is 10.2. The maximum absolute atomic E-state index is 14.1. The summed E-state index contributed by atoms with van der Waals surface area (Å²) in [6.45, 7) is 1.12. The van der Waals surface area contributed by atoms with Crippen LogP contribution in [0.4, 0.5) is 15.9 Å². The molecule has 3 aromatic heterocycles. The Labute approximate surface area is 152 Å². The average Bonchev–Trinajstić information content (AvgIpc) is 3.31. The summed E-state index contributed by atoms with van der Waals surface area (Å²) in [6.07, 6.45) is 3.79. The quantitative estimate of drug-likeness (QED) is 0.584. The van der Waals surface area contributed by atoms with Crippen LogP contribution in [0.2, 0.25) is 0 Å². The van der Waals surface area contributed by atoms with Crippen LogP contribution in [0.15, 0.2) is 47.5 Å². The fourth-order valence-electron chi connectivity index (χ4n) is 3.35. The summed E-state index contributed by atoms with van der Waals surface area (Å²) in [5.41, 5.74) is 1.65. The molecule has 0 bridgehead atoms.